The lowest BCUT2D eigenvalue weighted by Crippen LogP contribution is -2.42. The molecule has 0 unspecified atom stereocenters. The van der Waals surface area contributed by atoms with Gasteiger partial charge in [-0.3, -0.25) is 0 Å². The Hall–Kier alpha value is -1.51. The molecule has 1 aromatic rings. The molecule has 2 fully saturated rings. The highest BCUT2D eigenvalue weighted by molar-refractivity contribution is 5.92. The smallest absolute Gasteiger partial charge is 0.119 e. The monoisotopic (exact) mass is 299 g/mol. The van der Waals surface area contributed by atoms with E-state index in [-0.39, 0.29) is 5.41 Å². The first-order chi connectivity index (χ1) is 10.7. The van der Waals surface area contributed by atoms with Gasteiger partial charge in [0.05, 0.1) is 12.8 Å². The molecule has 0 saturated heterocycles. The number of fused-ring (bicyclic) bond motifs is 5. The van der Waals surface area contributed by atoms with E-state index in [0.29, 0.717) is 11.8 Å². The van der Waals surface area contributed by atoms with Crippen LogP contribution in [0.1, 0.15) is 56.1 Å². The lowest BCUT2D eigenvalue weighted by molar-refractivity contribution is 0.0938. The molecule has 0 radical (unpaired) electrons. The Morgan fingerprint density at radius 3 is 2.86 bits per heavy atom. The van der Waals surface area contributed by atoms with Crippen molar-refractivity contribution in [2.45, 2.75) is 51.4 Å². The summed E-state index contributed by atoms with van der Waals surface area (Å²) in [7, 11) is 1.74. The zero-order valence-electron chi connectivity index (χ0n) is 13.5. The summed E-state index contributed by atoms with van der Waals surface area (Å²) in [6.07, 6.45) is 6.98. The Morgan fingerprint density at radius 2 is 2.09 bits per heavy atom. The number of oxime groups is 1. The van der Waals surface area contributed by atoms with Crippen molar-refractivity contribution in [2.75, 3.05) is 7.11 Å². The van der Waals surface area contributed by atoms with Gasteiger partial charge in [0.15, 0.2) is 0 Å². The topological polar surface area (TPSA) is 41.8 Å². The van der Waals surface area contributed by atoms with Crippen molar-refractivity contribution in [3.63, 3.8) is 0 Å². The standard InChI is InChI=1S/C19H25NO2/c1-19-10-9-15-14-6-4-13(22-2)11-12(14)3-5-16(15)17(19)7-8-18(19)20-21/h4,6,11,15-17,21H,3,5,7-10H2,1-2H3/b20-18-/t15-,16-,17+,19-/m1/s1. The molecular weight excluding hydrogens is 274 g/mol. The third-order valence-corrected chi connectivity index (χ3v) is 6.80. The average Bonchev–Trinajstić information content (AvgIpc) is 2.90. The highest BCUT2D eigenvalue weighted by atomic mass is 16.5. The number of hydrogen-bond acceptors (Lipinski definition) is 3. The summed E-state index contributed by atoms with van der Waals surface area (Å²) in [4.78, 5) is 0. The quantitative estimate of drug-likeness (QED) is 0.617. The molecule has 0 aromatic heterocycles. The summed E-state index contributed by atoms with van der Waals surface area (Å²) in [6, 6.07) is 6.64. The van der Waals surface area contributed by atoms with Crippen LogP contribution >= 0.6 is 0 Å². The number of nitrogens with zero attached hydrogens (tertiary/aromatic N) is 1. The number of benzene rings is 1. The Morgan fingerprint density at radius 1 is 1.23 bits per heavy atom. The number of methoxy groups -OCH3 is 1. The Labute approximate surface area is 132 Å². The fourth-order valence-corrected chi connectivity index (χ4v) is 5.64. The maximum Gasteiger partial charge on any atom is 0.119 e. The van der Waals surface area contributed by atoms with Crippen LogP contribution in [0.3, 0.4) is 0 Å². The van der Waals surface area contributed by atoms with Gasteiger partial charge in [-0.05, 0) is 79.5 Å². The minimum atomic E-state index is 0.139. The maximum absolute atomic E-state index is 9.36. The molecule has 4 rings (SSSR count). The molecule has 0 heterocycles. The average molecular weight is 299 g/mol. The van der Waals surface area contributed by atoms with E-state index in [1.54, 1.807) is 12.7 Å². The van der Waals surface area contributed by atoms with Gasteiger partial charge in [0.2, 0.25) is 0 Å². The number of aryl methyl sites for hydroxylation is 1. The molecule has 118 valence electrons. The minimum Gasteiger partial charge on any atom is -0.497 e. The third-order valence-electron chi connectivity index (χ3n) is 6.80. The van der Waals surface area contributed by atoms with E-state index >= 15 is 0 Å². The van der Waals surface area contributed by atoms with Gasteiger partial charge in [0, 0.05) is 5.41 Å². The van der Waals surface area contributed by atoms with Gasteiger partial charge in [0.25, 0.3) is 0 Å². The fourth-order valence-electron chi connectivity index (χ4n) is 5.64. The van der Waals surface area contributed by atoms with Crippen molar-refractivity contribution in [2.24, 2.45) is 22.4 Å². The van der Waals surface area contributed by atoms with E-state index < -0.39 is 0 Å². The van der Waals surface area contributed by atoms with E-state index in [1.807, 2.05) is 0 Å². The second kappa shape index (κ2) is 5.00. The first kappa shape index (κ1) is 14.1. The van der Waals surface area contributed by atoms with Crippen LogP contribution in [0, 0.1) is 17.3 Å². The van der Waals surface area contributed by atoms with Crippen molar-refractivity contribution in [1.29, 1.82) is 0 Å². The molecule has 3 nitrogen and oxygen atoms in total. The van der Waals surface area contributed by atoms with Gasteiger partial charge in [-0.15, -0.1) is 0 Å². The largest absolute Gasteiger partial charge is 0.497 e. The molecule has 0 spiro atoms. The van der Waals surface area contributed by atoms with Crippen molar-refractivity contribution < 1.29 is 9.94 Å². The van der Waals surface area contributed by atoms with Crippen LogP contribution in [0.4, 0.5) is 0 Å². The molecule has 1 N–H and O–H groups in total. The molecule has 1 aromatic carbocycles. The maximum atomic E-state index is 9.36. The number of hydrogen-bond donors (Lipinski definition) is 1. The molecule has 3 aliphatic carbocycles. The normalized spacial score (nSPS) is 38.3. The van der Waals surface area contributed by atoms with Gasteiger partial charge in [0.1, 0.15) is 5.75 Å². The summed E-state index contributed by atoms with van der Waals surface area (Å²) >= 11 is 0. The molecule has 4 atom stereocenters. The Bertz CT molecular complexity index is 624. The molecule has 3 heteroatoms. The van der Waals surface area contributed by atoms with Crippen LogP contribution in [0.5, 0.6) is 5.75 Å². The fraction of sp³-hybridized carbons (Fsp3) is 0.632. The first-order valence-corrected chi connectivity index (χ1v) is 8.55. The van der Waals surface area contributed by atoms with E-state index in [2.05, 4.69) is 30.3 Å². The molecular formula is C19H25NO2. The van der Waals surface area contributed by atoms with Crippen LogP contribution in [0.15, 0.2) is 23.4 Å². The Kier molecular flexibility index (Phi) is 3.21. The van der Waals surface area contributed by atoms with Crippen LogP contribution in [-0.2, 0) is 6.42 Å². The second-order valence-electron chi connectivity index (χ2n) is 7.52. The predicted octanol–water partition coefficient (Wildman–Crippen LogP) is 4.38. The SMILES string of the molecule is COc1ccc2c(c1)CC[C@@H]1[C@@H]2CC[C@@]2(C)/C(=N\O)CC[C@@H]12. The van der Waals surface area contributed by atoms with Crippen LogP contribution in [-0.4, -0.2) is 18.0 Å². The summed E-state index contributed by atoms with van der Waals surface area (Å²) in [5.41, 5.74) is 4.23. The van der Waals surface area contributed by atoms with Crippen molar-refractivity contribution in [1.82, 2.24) is 0 Å². The van der Waals surface area contributed by atoms with Gasteiger partial charge >= 0.3 is 0 Å². The third kappa shape index (κ3) is 1.84. The van der Waals surface area contributed by atoms with E-state index in [0.717, 1.165) is 36.6 Å². The van der Waals surface area contributed by atoms with E-state index in [1.165, 1.54) is 24.8 Å². The summed E-state index contributed by atoms with van der Waals surface area (Å²) in [6.45, 7) is 2.33. The molecule has 0 aliphatic heterocycles. The Balaban J connectivity index is 1.69. The summed E-state index contributed by atoms with van der Waals surface area (Å²) < 4.78 is 5.39. The van der Waals surface area contributed by atoms with Gasteiger partial charge in [-0.1, -0.05) is 18.1 Å². The minimum absolute atomic E-state index is 0.139. The van der Waals surface area contributed by atoms with Gasteiger partial charge < -0.3 is 9.94 Å². The summed E-state index contributed by atoms with van der Waals surface area (Å²) in [5.74, 6) is 3.10. The van der Waals surface area contributed by atoms with Gasteiger partial charge in [-0.25, -0.2) is 0 Å². The summed E-state index contributed by atoms with van der Waals surface area (Å²) in [5, 5.41) is 13.0. The van der Waals surface area contributed by atoms with Crippen LogP contribution in [0.25, 0.3) is 0 Å². The molecule has 22 heavy (non-hydrogen) atoms. The van der Waals surface area contributed by atoms with Crippen molar-refractivity contribution in [3.8, 4) is 5.75 Å². The van der Waals surface area contributed by atoms with Crippen molar-refractivity contribution >= 4 is 5.71 Å². The van der Waals surface area contributed by atoms with Crippen LogP contribution < -0.4 is 4.74 Å². The molecule has 0 bridgehead atoms. The molecule has 3 aliphatic rings. The zero-order chi connectivity index (χ0) is 15.3. The highest BCUT2D eigenvalue weighted by Crippen LogP contribution is 2.59. The lowest BCUT2D eigenvalue weighted by Gasteiger charge is -2.48. The number of rotatable bonds is 1. The second-order valence-corrected chi connectivity index (χ2v) is 7.52. The van der Waals surface area contributed by atoms with Gasteiger partial charge in [-0.2, -0.15) is 0 Å². The van der Waals surface area contributed by atoms with E-state index in [9.17, 15) is 5.21 Å². The molecule has 0 amide bonds. The van der Waals surface area contributed by atoms with E-state index in [4.69, 9.17) is 4.74 Å². The number of ether oxygens (including phenoxy) is 1. The lowest BCUT2D eigenvalue weighted by atomic mass is 9.55. The van der Waals surface area contributed by atoms with Crippen LogP contribution in [0.2, 0.25) is 0 Å². The predicted molar refractivity (Wildman–Crippen MR) is 86.8 cm³/mol. The zero-order valence-corrected chi connectivity index (χ0v) is 13.5. The molecule has 2 saturated carbocycles. The first-order valence-electron chi connectivity index (χ1n) is 8.55. The van der Waals surface area contributed by atoms with Crippen molar-refractivity contribution in [3.05, 3.63) is 29.3 Å². The highest BCUT2D eigenvalue weighted by Gasteiger charge is 2.53.